The molecular weight excluding hydrogens is 134 g/mol. The quantitative estimate of drug-likeness (QED) is 0.630. The van der Waals surface area contributed by atoms with E-state index in [9.17, 15) is 0 Å². The summed E-state index contributed by atoms with van der Waals surface area (Å²) in [6.07, 6.45) is 5.29. The third-order valence-electron chi connectivity index (χ3n) is 2.14. The van der Waals surface area contributed by atoms with Gasteiger partial charge < -0.3 is 5.73 Å². The van der Waals surface area contributed by atoms with Crippen LogP contribution >= 0.6 is 0 Å². The van der Waals surface area contributed by atoms with E-state index in [4.69, 9.17) is 5.73 Å². The highest BCUT2D eigenvalue weighted by atomic mass is 14.5. The van der Waals surface area contributed by atoms with Gasteiger partial charge in [-0.1, -0.05) is 40.0 Å². The van der Waals surface area contributed by atoms with E-state index < -0.39 is 0 Å². The van der Waals surface area contributed by atoms with Crippen molar-refractivity contribution >= 4 is 0 Å². The summed E-state index contributed by atoms with van der Waals surface area (Å²) >= 11 is 0. The molecule has 0 aliphatic rings. The molecule has 1 atom stereocenters. The predicted octanol–water partition coefficient (Wildman–Crippen LogP) is 2.80. The molecule has 0 unspecified atom stereocenters. The first-order chi connectivity index (χ1) is 5.16. The Bertz CT molecular complexity index is 78.9. The van der Waals surface area contributed by atoms with Gasteiger partial charge in [0.25, 0.3) is 0 Å². The number of hydrogen-bond acceptors (Lipinski definition) is 1. The summed E-state index contributed by atoms with van der Waals surface area (Å²) in [6, 6.07) is 0. The highest BCUT2D eigenvalue weighted by Crippen LogP contribution is 2.13. The highest BCUT2D eigenvalue weighted by molar-refractivity contribution is 4.55. The van der Waals surface area contributed by atoms with E-state index >= 15 is 0 Å². The third-order valence-corrected chi connectivity index (χ3v) is 2.14. The van der Waals surface area contributed by atoms with Gasteiger partial charge in [-0.05, 0) is 24.8 Å². The molecule has 0 aromatic heterocycles. The Balaban J connectivity index is 3.10. The van der Waals surface area contributed by atoms with E-state index in [2.05, 4.69) is 20.8 Å². The molecule has 0 amide bonds. The predicted molar refractivity (Wildman–Crippen MR) is 51.5 cm³/mol. The molecule has 0 heterocycles. The van der Waals surface area contributed by atoms with Crippen LogP contribution in [0.15, 0.2) is 0 Å². The molecule has 0 spiro atoms. The summed E-state index contributed by atoms with van der Waals surface area (Å²) in [4.78, 5) is 0. The van der Waals surface area contributed by atoms with Crippen LogP contribution < -0.4 is 5.73 Å². The minimum atomic E-state index is 0.832. The van der Waals surface area contributed by atoms with Gasteiger partial charge in [0.15, 0.2) is 0 Å². The average molecular weight is 157 g/mol. The number of hydrogen-bond donors (Lipinski definition) is 1. The second-order valence-corrected chi connectivity index (χ2v) is 4.01. The van der Waals surface area contributed by atoms with E-state index in [0.717, 1.165) is 18.4 Å². The smallest absolute Gasteiger partial charge is 0.00747 e. The fourth-order valence-corrected chi connectivity index (χ4v) is 1.30. The van der Waals surface area contributed by atoms with Crippen LogP contribution in [0.25, 0.3) is 0 Å². The molecule has 11 heavy (non-hydrogen) atoms. The Morgan fingerprint density at radius 3 is 2.09 bits per heavy atom. The van der Waals surface area contributed by atoms with Crippen molar-refractivity contribution in [3.05, 3.63) is 0 Å². The zero-order chi connectivity index (χ0) is 8.69. The van der Waals surface area contributed by atoms with Crippen molar-refractivity contribution in [1.82, 2.24) is 0 Å². The third kappa shape index (κ3) is 7.86. The van der Waals surface area contributed by atoms with Crippen molar-refractivity contribution in [3.8, 4) is 0 Å². The first-order valence-corrected chi connectivity index (χ1v) is 4.87. The van der Waals surface area contributed by atoms with Crippen LogP contribution in [0.2, 0.25) is 0 Å². The summed E-state index contributed by atoms with van der Waals surface area (Å²) in [5, 5.41) is 0. The van der Waals surface area contributed by atoms with Crippen molar-refractivity contribution in [2.24, 2.45) is 17.6 Å². The first kappa shape index (κ1) is 11.0. The molecule has 0 aromatic carbocycles. The Kier molecular flexibility index (Phi) is 6.63. The van der Waals surface area contributed by atoms with Crippen LogP contribution in [0.4, 0.5) is 0 Å². The van der Waals surface area contributed by atoms with E-state index in [1.807, 2.05) is 0 Å². The number of rotatable bonds is 6. The molecule has 0 aliphatic carbocycles. The van der Waals surface area contributed by atoms with Gasteiger partial charge >= 0.3 is 0 Å². The molecule has 0 rings (SSSR count). The fourth-order valence-electron chi connectivity index (χ4n) is 1.30. The molecule has 1 nitrogen and oxygen atoms in total. The van der Waals surface area contributed by atoms with Crippen molar-refractivity contribution in [2.45, 2.75) is 46.5 Å². The number of nitrogens with two attached hydrogens (primary N) is 1. The van der Waals surface area contributed by atoms with Crippen molar-refractivity contribution in [1.29, 1.82) is 0 Å². The SMILES string of the molecule is CC(C)CCC[C@@H](C)CCN. The molecule has 0 saturated heterocycles. The lowest BCUT2D eigenvalue weighted by atomic mass is 9.97. The van der Waals surface area contributed by atoms with Crippen LogP contribution in [-0.2, 0) is 0 Å². The van der Waals surface area contributed by atoms with Gasteiger partial charge in [-0.2, -0.15) is 0 Å². The molecule has 2 N–H and O–H groups in total. The second-order valence-electron chi connectivity index (χ2n) is 4.01. The minimum absolute atomic E-state index is 0.832. The molecule has 0 saturated carbocycles. The van der Waals surface area contributed by atoms with Crippen LogP contribution in [0.5, 0.6) is 0 Å². The summed E-state index contributed by atoms with van der Waals surface area (Å²) < 4.78 is 0. The zero-order valence-electron chi connectivity index (χ0n) is 8.27. The Hall–Kier alpha value is -0.0400. The maximum atomic E-state index is 5.46. The lowest BCUT2D eigenvalue weighted by Gasteiger charge is -2.10. The van der Waals surface area contributed by atoms with E-state index in [-0.39, 0.29) is 0 Å². The Morgan fingerprint density at radius 2 is 1.64 bits per heavy atom. The van der Waals surface area contributed by atoms with Crippen molar-refractivity contribution in [2.75, 3.05) is 6.54 Å². The molecule has 0 aliphatic heterocycles. The van der Waals surface area contributed by atoms with Crippen molar-refractivity contribution < 1.29 is 0 Å². The first-order valence-electron chi connectivity index (χ1n) is 4.87. The summed E-state index contributed by atoms with van der Waals surface area (Å²) in [5.74, 6) is 1.69. The molecular formula is C10H23N. The highest BCUT2D eigenvalue weighted by Gasteiger charge is 2.00. The molecule has 0 bridgehead atoms. The van der Waals surface area contributed by atoms with Crippen molar-refractivity contribution in [3.63, 3.8) is 0 Å². The molecule has 0 fully saturated rings. The molecule has 68 valence electrons. The van der Waals surface area contributed by atoms with Gasteiger partial charge in [-0.25, -0.2) is 0 Å². The van der Waals surface area contributed by atoms with Gasteiger partial charge in [-0.3, -0.25) is 0 Å². The van der Waals surface area contributed by atoms with Crippen LogP contribution in [0.3, 0.4) is 0 Å². The maximum Gasteiger partial charge on any atom is -0.00747 e. The normalized spacial score (nSPS) is 13.9. The van der Waals surface area contributed by atoms with Gasteiger partial charge in [-0.15, -0.1) is 0 Å². The maximum absolute atomic E-state index is 5.46. The largest absolute Gasteiger partial charge is 0.330 e. The van der Waals surface area contributed by atoms with Crippen LogP contribution in [-0.4, -0.2) is 6.54 Å². The van der Waals surface area contributed by atoms with Gasteiger partial charge in [0.05, 0.1) is 0 Å². The summed E-state index contributed by atoms with van der Waals surface area (Å²) in [5.41, 5.74) is 5.46. The monoisotopic (exact) mass is 157 g/mol. The topological polar surface area (TPSA) is 26.0 Å². The Morgan fingerprint density at radius 1 is 1.00 bits per heavy atom. The second kappa shape index (κ2) is 6.66. The minimum Gasteiger partial charge on any atom is -0.330 e. The van der Waals surface area contributed by atoms with E-state index in [1.54, 1.807) is 0 Å². The van der Waals surface area contributed by atoms with Gasteiger partial charge in [0, 0.05) is 0 Å². The fraction of sp³-hybridized carbons (Fsp3) is 1.00. The van der Waals surface area contributed by atoms with E-state index in [1.165, 1.54) is 25.7 Å². The Labute approximate surface area is 71.4 Å². The summed E-state index contributed by atoms with van der Waals surface area (Å²) in [7, 11) is 0. The van der Waals surface area contributed by atoms with Gasteiger partial charge in [0.2, 0.25) is 0 Å². The zero-order valence-corrected chi connectivity index (χ0v) is 8.27. The molecule has 1 heteroatoms. The summed E-state index contributed by atoms with van der Waals surface area (Å²) in [6.45, 7) is 7.72. The van der Waals surface area contributed by atoms with Gasteiger partial charge in [0.1, 0.15) is 0 Å². The van der Waals surface area contributed by atoms with Crippen LogP contribution in [0.1, 0.15) is 46.5 Å². The molecule has 0 radical (unpaired) electrons. The standard InChI is InChI=1S/C10H23N/c1-9(2)5-4-6-10(3)7-8-11/h9-10H,4-8,11H2,1-3H3/t10-/m1/s1. The molecule has 0 aromatic rings. The van der Waals surface area contributed by atoms with E-state index in [0.29, 0.717) is 0 Å². The average Bonchev–Trinajstić information content (AvgIpc) is 1.87. The lowest BCUT2D eigenvalue weighted by Crippen LogP contribution is -2.05. The van der Waals surface area contributed by atoms with Crippen LogP contribution in [0, 0.1) is 11.8 Å². The lowest BCUT2D eigenvalue weighted by molar-refractivity contribution is 0.441.